The summed E-state index contributed by atoms with van der Waals surface area (Å²) in [5, 5.41) is 19.6. The monoisotopic (exact) mass is 412 g/mol. The van der Waals surface area contributed by atoms with Crippen LogP contribution >= 0.6 is 0 Å². The van der Waals surface area contributed by atoms with Crippen molar-refractivity contribution < 1.29 is 9.42 Å². The van der Waals surface area contributed by atoms with Crippen molar-refractivity contribution in [3.05, 3.63) is 35.4 Å². The zero-order valence-corrected chi connectivity index (χ0v) is 16.9. The van der Waals surface area contributed by atoms with Crippen LogP contribution in [0, 0.1) is 0 Å². The summed E-state index contributed by atoms with van der Waals surface area (Å²) in [5.74, 6) is -0.198. The number of piperidine rings is 1. The van der Waals surface area contributed by atoms with Gasteiger partial charge in [0, 0.05) is 25.8 Å². The zero-order chi connectivity index (χ0) is 21.1. The second-order valence-corrected chi connectivity index (χ2v) is 7.33. The molecular weight excluding hydrogens is 388 g/mol. The van der Waals surface area contributed by atoms with E-state index in [1.165, 1.54) is 11.1 Å². The van der Waals surface area contributed by atoms with Gasteiger partial charge in [0.1, 0.15) is 0 Å². The second-order valence-electron chi connectivity index (χ2n) is 7.33. The number of likely N-dealkylation sites (tertiary alicyclic amines) is 1. The molecule has 158 valence electrons. The number of nitrogens with two attached hydrogens (primary N) is 1. The minimum absolute atomic E-state index is 0.0709. The molecule has 0 aliphatic carbocycles. The molecule has 30 heavy (non-hydrogen) atoms. The second kappa shape index (κ2) is 8.45. The number of aromatic nitrogens is 6. The van der Waals surface area contributed by atoms with Gasteiger partial charge in [0.05, 0.1) is 17.6 Å². The van der Waals surface area contributed by atoms with E-state index in [1.807, 2.05) is 29.9 Å². The number of rotatable bonds is 6. The first-order valence-corrected chi connectivity index (χ1v) is 9.76. The highest BCUT2D eigenvalue weighted by atomic mass is 16.6. The van der Waals surface area contributed by atoms with Gasteiger partial charge in [-0.3, -0.25) is 9.69 Å². The predicted molar refractivity (Wildman–Crippen MR) is 108 cm³/mol. The van der Waals surface area contributed by atoms with Gasteiger partial charge in [0.2, 0.25) is 11.6 Å². The number of nitrogens with one attached hydrogen (secondary N) is 1. The van der Waals surface area contributed by atoms with Crippen molar-refractivity contribution in [1.29, 1.82) is 0 Å². The molecule has 0 saturated carbocycles. The van der Waals surface area contributed by atoms with Crippen LogP contribution in [0.25, 0.3) is 5.82 Å². The summed E-state index contributed by atoms with van der Waals surface area (Å²) >= 11 is 0. The summed E-state index contributed by atoms with van der Waals surface area (Å²) in [6.45, 7) is 3.56. The minimum atomic E-state index is -0.471. The first-order valence-electron chi connectivity index (χ1n) is 9.76. The number of hydrogen-bond donors (Lipinski definition) is 2. The SMILES string of the molecule is CC1CCCCN1Cc1c(C(=O)N/N=C\c2cccn2C)nnn1-c1nonc1N. The molecular formula is C18H24N10O2. The molecule has 0 spiro atoms. The topological polar surface area (TPSA) is 145 Å². The number of anilines is 1. The normalized spacial score (nSPS) is 17.6. The van der Waals surface area contributed by atoms with Crippen molar-refractivity contribution in [2.24, 2.45) is 12.1 Å². The van der Waals surface area contributed by atoms with Crippen LogP contribution in [-0.4, -0.2) is 59.5 Å². The summed E-state index contributed by atoms with van der Waals surface area (Å²) in [5.41, 5.74) is 9.91. The van der Waals surface area contributed by atoms with Gasteiger partial charge >= 0.3 is 0 Å². The largest absolute Gasteiger partial charge is 0.378 e. The standard InChI is InChI=1S/C18H24N10O2/c1-12-6-3-4-9-27(12)11-14-15(21-25-28(14)17-16(19)23-30-24-17)18(29)22-20-10-13-7-5-8-26(13)2/h5,7-8,10,12H,3-4,6,9,11H2,1-2H3,(H2,19,23)(H,22,29)/b20-10-. The molecule has 1 aliphatic rings. The van der Waals surface area contributed by atoms with Crippen molar-refractivity contribution in [2.45, 2.75) is 38.8 Å². The molecule has 1 atom stereocenters. The van der Waals surface area contributed by atoms with Crippen LogP contribution in [0.15, 0.2) is 28.1 Å². The van der Waals surface area contributed by atoms with E-state index in [4.69, 9.17) is 10.4 Å². The molecule has 3 aromatic rings. The maximum atomic E-state index is 12.8. The van der Waals surface area contributed by atoms with Crippen molar-refractivity contribution >= 4 is 17.9 Å². The van der Waals surface area contributed by atoms with E-state index in [9.17, 15) is 4.79 Å². The molecule has 3 aromatic heterocycles. The maximum Gasteiger partial charge on any atom is 0.293 e. The molecule has 1 saturated heterocycles. The number of hydrogen-bond acceptors (Lipinski definition) is 9. The third-order valence-corrected chi connectivity index (χ3v) is 5.31. The number of carbonyl (C=O) groups excluding carboxylic acids is 1. The summed E-state index contributed by atoms with van der Waals surface area (Å²) < 4.78 is 7.99. The van der Waals surface area contributed by atoms with Crippen LogP contribution in [0.3, 0.4) is 0 Å². The van der Waals surface area contributed by atoms with Crippen LogP contribution in [-0.2, 0) is 13.6 Å². The van der Waals surface area contributed by atoms with Crippen molar-refractivity contribution in [3.8, 4) is 5.82 Å². The van der Waals surface area contributed by atoms with Gasteiger partial charge in [-0.25, -0.2) is 10.1 Å². The van der Waals surface area contributed by atoms with Gasteiger partial charge in [-0.2, -0.15) is 9.78 Å². The highest BCUT2D eigenvalue weighted by Gasteiger charge is 2.27. The summed E-state index contributed by atoms with van der Waals surface area (Å²) in [4.78, 5) is 15.1. The molecule has 0 bridgehead atoms. The fraction of sp³-hybridized carbons (Fsp3) is 0.444. The van der Waals surface area contributed by atoms with Gasteiger partial charge in [0.25, 0.3) is 5.91 Å². The van der Waals surface area contributed by atoms with E-state index in [2.05, 4.69) is 43.0 Å². The number of aryl methyl sites for hydroxylation is 1. The molecule has 3 N–H and O–H groups in total. The Labute approximate surface area is 172 Å². The van der Waals surface area contributed by atoms with E-state index in [1.54, 1.807) is 6.21 Å². The molecule has 4 rings (SSSR count). The quantitative estimate of drug-likeness (QED) is 0.445. The van der Waals surface area contributed by atoms with E-state index in [0.29, 0.717) is 18.3 Å². The number of nitrogens with zero attached hydrogens (tertiary/aromatic N) is 8. The fourth-order valence-electron chi connectivity index (χ4n) is 3.53. The molecule has 0 aromatic carbocycles. The highest BCUT2D eigenvalue weighted by Crippen LogP contribution is 2.22. The Hall–Kier alpha value is -3.54. The fourth-order valence-corrected chi connectivity index (χ4v) is 3.53. The average molecular weight is 412 g/mol. The van der Waals surface area contributed by atoms with Crippen molar-refractivity contribution in [1.82, 2.24) is 40.2 Å². The van der Waals surface area contributed by atoms with E-state index < -0.39 is 5.91 Å². The van der Waals surface area contributed by atoms with E-state index in [-0.39, 0.29) is 17.3 Å². The first-order chi connectivity index (χ1) is 14.5. The van der Waals surface area contributed by atoms with Gasteiger partial charge in [0.15, 0.2) is 5.69 Å². The zero-order valence-electron chi connectivity index (χ0n) is 16.9. The van der Waals surface area contributed by atoms with Crippen LogP contribution < -0.4 is 11.2 Å². The van der Waals surface area contributed by atoms with Gasteiger partial charge in [-0.1, -0.05) is 11.6 Å². The minimum Gasteiger partial charge on any atom is -0.378 e. The molecule has 1 fully saturated rings. The molecule has 1 aliphatic heterocycles. The van der Waals surface area contributed by atoms with Gasteiger partial charge in [-0.15, -0.1) is 5.10 Å². The van der Waals surface area contributed by atoms with Crippen molar-refractivity contribution in [3.63, 3.8) is 0 Å². The van der Waals surface area contributed by atoms with Crippen molar-refractivity contribution in [2.75, 3.05) is 12.3 Å². The third kappa shape index (κ3) is 3.94. The Morgan fingerprint density at radius 3 is 3.00 bits per heavy atom. The predicted octanol–water partition coefficient (Wildman–Crippen LogP) is 0.709. The molecule has 0 radical (unpaired) electrons. The summed E-state index contributed by atoms with van der Waals surface area (Å²) in [6.07, 6.45) is 6.84. The Kier molecular flexibility index (Phi) is 5.57. The van der Waals surface area contributed by atoms with Crippen LogP contribution in [0.2, 0.25) is 0 Å². The molecule has 4 heterocycles. The lowest BCUT2D eigenvalue weighted by molar-refractivity contribution is 0.0945. The Balaban J connectivity index is 1.61. The third-order valence-electron chi connectivity index (χ3n) is 5.31. The first kappa shape index (κ1) is 19.8. The molecule has 1 unspecified atom stereocenters. The van der Waals surface area contributed by atoms with Gasteiger partial charge in [-0.05, 0) is 48.8 Å². The molecule has 12 heteroatoms. The van der Waals surface area contributed by atoms with Gasteiger partial charge < -0.3 is 10.3 Å². The Morgan fingerprint density at radius 1 is 1.43 bits per heavy atom. The van der Waals surface area contributed by atoms with E-state index >= 15 is 0 Å². The highest BCUT2D eigenvalue weighted by molar-refractivity contribution is 5.94. The molecule has 12 nitrogen and oxygen atoms in total. The number of nitrogen functional groups attached to an aromatic ring is 1. The average Bonchev–Trinajstić information content (AvgIpc) is 3.44. The number of hydrazone groups is 1. The van der Waals surface area contributed by atoms with E-state index in [0.717, 1.165) is 25.1 Å². The number of amides is 1. The molecule has 1 amide bonds. The lowest BCUT2D eigenvalue weighted by Gasteiger charge is -2.33. The van der Waals surface area contributed by atoms with Crippen LogP contribution in [0.4, 0.5) is 5.82 Å². The Morgan fingerprint density at radius 2 is 2.30 bits per heavy atom. The smallest absolute Gasteiger partial charge is 0.293 e. The lowest BCUT2D eigenvalue weighted by atomic mass is 10.0. The maximum absolute atomic E-state index is 12.8. The lowest BCUT2D eigenvalue weighted by Crippen LogP contribution is -2.38. The number of carbonyl (C=O) groups is 1. The Bertz CT molecular complexity index is 1050. The van der Waals surface area contributed by atoms with Crippen LogP contribution in [0.1, 0.15) is 48.1 Å². The summed E-state index contributed by atoms with van der Waals surface area (Å²) in [7, 11) is 1.89. The summed E-state index contributed by atoms with van der Waals surface area (Å²) in [6, 6.07) is 4.15. The van der Waals surface area contributed by atoms with Crippen LogP contribution in [0.5, 0.6) is 0 Å².